The van der Waals surface area contributed by atoms with E-state index < -0.39 is 11.8 Å². The summed E-state index contributed by atoms with van der Waals surface area (Å²) in [6.45, 7) is 3.49. The van der Waals surface area contributed by atoms with Gasteiger partial charge < -0.3 is 4.74 Å². The molecule has 2 rings (SSSR count). The molecule has 2 aromatic rings. The Balaban J connectivity index is 1.87. The normalized spacial score (nSPS) is 10.3. The van der Waals surface area contributed by atoms with Gasteiger partial charge in [-0.05, 0) is 71.2 Å². The smallest absolute Gasteiger partial charge is 0.276 e. The molecule has 2 amide bonds. The van der Waals surface area contributed by atoms with Gasteiger partial charge in [0.1, 0.15) is 5.75 Å². The number of hydrazine groups is 1. The molecule has 0 saturated heterocycles. The predicted molar refractivity (Wildman–Crippen MR) is 104 cm³/mol. The number of nitrogens with one attached hydrogen (secondary N) is 2. The quantitative estimate of drug-likeness (QED) is 0.628. The molecular weight excluding hydrogens is 475 g/mol. The summed E-state index contributed by atoms with van der Waals surface area (Å²) in [7, 11) is 0. The number of aryl methyl sites for hydroxylation is 2. The lowest BCUT2D eigenvalue weighted by Gasteiger charge is -2.11. The fourth-order valence-electron chi connectivity index (χ4n) is 2.04. The van der Waals surface area contributed by atoms with Crippen LogP contribution >= 0.6 is 43.5 Å². The van der Waals surface area contributed by atoms with Gasteiger partial charge in [0.25, 0.3) is 11.8 Å². The Labute approximate surface area is 167 Å². The number of hydrogen-bond acceptors (Lipinski definition) is 3. The molecule has 0 radical (unpaired) electrons. The van der Waals surface area contributed by atoms with E-state index in [1.165, 1.54) is 0 Å². The molecule has 0 unspecified atom stereocenters. The Hall–Kier alpha value is -1.57. The number of benzene rings is 2. The van der Waals surface area contributed by atoms with Crippen LogP contribution < -0.4 is 15.6 Å². The first kappa shape index (κ1) is 19.8. The van der Waals surface area contributed by atoms with E-state index in [0.717, 1.165) is 15.6 Å². The first-order valence-electron chi connectivity index (χ1n) is 7.21. The van der Waals surface area contributed by atoms with Crippen molar-refractivity contribution in [2.75, 3.05) is 6.61 Å². The topological polar surface area (TPSA) is 67.4 Å². The van der Waals surface area contributed by atoms with Crippen LogP contribution in [-0.2, 0) is 4.79 Å². The zero-order chi connectivity index (χ0) is 18.6. The third kappa shape index (κ3) is 5.45. The van der Waals surface area contributed by atoms with Gasteiger partial charge in [-0.25, -0.2) is 0 Å². The fraction of sp³-hybridized carbons (Fsp3) is 0.176. The summed E-state index contributed by atoms with van der Waals surface area (Å²) >= 11 is 12.7. The number of carbonyl (C=O) groups excluding carboxylic acids is 2. The van der Waals surface area contributed by atoms with Crippen molar-refractivity contribution in [3.05, 3.63) is 61.0 Å². The van der Waals surface area contributed by atoms with Gasteiger partial charge in [-0.2, -0.15) is 0 Å². The van der Waals surface area contributed by atoms with Crippen LogP contribution in [-0.4, -0.2) is 18.4 Å². The van der Waals surface area contributed by atoms with Crippen LogP contribution in [0.25, 0.3) is 0 Å². The van der Waals surface area contributed by atoms with E-state index >= 15 is 0 Å². The van der Waals surface area contributed by atoms with Gasteiger partial charge in [-0.1, -0.05) is 27.5 Å². The predicted octanol–water partition coefficient (Wildman–Crippen LogP) is 4.32. The molecule has 0 aliphatic carbocycles. The lowest BCUT2D eigenvalue weighted by atomic mass is 10.1. The molecule has 0 heterocycles. The molecule has 0 aliphatic heterocycles. The standard InChI is InChI=1S/C17H15Br2ClN2O3/c1-9-5-12(6-10(2)16(9)20)25-8-15(23)21-22-17(24)13-4-3-11(18)7-14(13)19/h3-7H,8H2,1-2H3,(H,21,23)(H,22,24). The van der Waals surface area contributed by atoms with E-state index in [0.29, 0.717) is 20.8 Å². The summed E-state index contributed by atoms with van der Waals surface area (Å²) in [4.78, 5) is 23.9. The summed E-state index contributed by atoms with van der Waals surface area (Å²) in [6, 6.07) is 8.60. The second-order valence-corrected chi connectivity index (χ2v) is 7.43. The van der Waals surface area contributed by atoms with Crippen molar-refractivity contribution in [3.8, 4) is 5.75 Å². The van der Waals surface area contributed by atoms with E-state index in [2.05, 4.69) is 42.7 Å². The third-order valence-electron chi connectivity index (χ3n) is 3.27. The van der Waals surface area contributed by atoms with Crippen molar-refractivity contribution in [3.63, 3.8) is 0 Å². The molecule has 132 valence electrons. The number of rotatable bonds is 4. The number of halogens is 3. The van der Waals surface area contributed by atoms with Crippen LogP contribution in [0.4, 0.5) is 0 Å². The van der Waals surface area contributed by atoms with Crippen LogP contribution in [0.3, 0.4) is 0 Å². The highest BCUT2D eigenvalue weighted by Gasteiger charge is 2.12. The van der Waals surface area contributed by atoms with Crippen LogP contribution in [0, 0.1) is 13.8 Å². The summed E-state index contributed by atoms with van der Waals surface area (Å²) < 4.78 is 6.87. The van der Waals surface area contributed by atoms with Crippen molar-refractivity contribution in [1.82, 2.24) is 10.9 Å². The summed E-state index contributed by atoms with van der Waals surface area (Å²) in [5.41, 5.74) is 6.78. The Bertz CT molecular complexity index is 805. The largest absolute Gasteiger partial charge is 0.484 e. The average molecular weight is 491 g/mol. The van der Waals surface area contributed by atoms with Gasteiger partial charge in [0.2, 0.25) is 0 Å². The minimum atomic E-state index is -0.480. The SMILES string of the molecule is Cc1cc(OCC(=O)NNC(=O)c2ccc(Br)cc2Br)cc(C)c1Cl. The zero-order valence-corrected chi connectivity index (χ0v) is 17.4. The highest BCUT2D eigenvalue weighted by atomic mass is 79.9. The molecular formula is C17H15Br2ClN2O3. The van der Waals surface area contributed by atoms with E-state index in [4.69, 9.17) is 16.3 Å². The van der Waals surface area contributed by atoms with E-state index in [1.807, 2.05) is 13.8 Å². The van der Waals surface area contributed by atoms with Crippen molar-refractivity contribution >= 4 is 55.3 Å². The molecule has 0 aromatic heterocycles. The first-order valence-corrected chi connectivity index (χ1v) is 9.18. The molecule has 25 heavy (non-hydrogen) atoms. The molecule has 8 heteroatoms. The van der Waals surface area contributed by atoms with E-state index in [-0.39, 0.29) is 6.61 Å². The maximum atomic E-state index is 12.1. The van der Waals surface area contributed by atoms with Crippen LogP contribution in [0.1, 0.15) is 21.5 Å². The van der Waals surface area contributed by atoms with Gasteiger partial charge >= 0.3 is 0 Å². The highest BCUT2D eigenvalue weighted by molar-refractivity contribution is 9.11. The summed E-state index contributed by atoms with van der Waals surface area (Å²) in [5, 5.41) is 0.670. The third-order valence-corrected chi connectivity index (χ3v) is 5.02. The van der Waals surface area contributed by atoms with Crippen molar-refractivity contribution < 1.29 is 14.3 Å². The van der Waals surface area contributed by atoms with Gasteiger partial charge in [-0.3, -0.25) is 20.4 Å². The summed E-state index contributed by atoms with van der Waals surface area (Å²) in [5.74, 6) is -0.380. The molecule has 0 spiro atoms. The zero-order valence-electron chi connectivity index (χ0n) is 13.5. The maximum Gasteiger partial charge on any atom is 0.276 e. The highest BCUT2D eigenvalue weighted by Crippen LogP contribution is 2.25. The monoisotopic (exact) mass is 488 g/mol. The second-order valence-electron chi connectivity index (χ2n) is 5.29. The van der Waals surface area contributed by atoms with Crippen LogP contribution in [0.2, 0.25) is 5.02 Å². The van der Waals surface area contributed by atoms with Crippen LogP contribution in [0.15, 0.2) is 39.3 Å². The van der Waals surface area contributed by atoms with Gasteiger partial charge in [0.15, 0.2) is 6.61 Å². The Morgan fingerprint density at radius 1 is 1.08 bits per heavy atom. The minimum Gasteiger partial charge on any atom is -0.484 e. The number of carbonyl (C=O) groups is 2. The maximum absolute atomic E-state index is 12.1. The second kappa shape index (κ2) is 8.69. The number of amides is 2. The molecule has 2 N–H and O–H groups in total. The molecule has 5 nitrogen and oxygen atoms in total. The Morgan fingerprint density at radius 2 is 1.72 bits per heavy atom. The Morgan fingerprint density at radius 3 is 2.32 bits per heavy atom. The Kier molecular flexibility index (Phi) is 6.87. The van der Waals surface area contributed by atoms with E-state index in [1.54, 1.807) is 30.3 Å². The average Bonchev–Trinajstić information content (AvgIpc) is 2.55. The molecule has 0 atom stereocenters. The molecule has 0 bridgehead atoms. The van der Waals surface area contributed by atoms with Gasteiger partial charge in [0, 0.05) is 14.0 Å². The van der Waals surface area contributed by atoms with Gasteiger partial charge in [0.05, 0.1) is 5.56 Å². The lowest BCUT2D eigenvalue weighted by molar-refractivity contribution is -0.123. The molecule has 0 saturated carbocycles. The van der Waals surface area contributed by atoms with Crippen molar-refractivity contribution in [2.24, 2.45) is 0 Å². The lowest BCUT2D eigenvalue weighted by Crippen LogP contribution is -2.43. The van der Waals surface area contributed by atoms with Crippen molar-refractivity contribution in [1.29, 1.82) is 0 Å². The van der Waals surface area contributed by atoms with Crippen molar-refractivity contribution in [2.45, 2.75) is 13.8 Å². The number of ether oxygens (including phenoxy) is 1. The summed E-state index contributed by atoms with van der Waals surface area (Å²) in [6.07, 6.45) is 0. The molecule has 2 aromatic carbocycles. The minimum absolute atomic E-state index is 0.234. The number of hydrogen-bond donors (Lipinski definition) is 2. The molecule has 0 aliphatic rings. The molecule has 0 fully saturated rings. The van der Waals surface area contributed by atoms with Crippen LogP contribution in [0.5, 0.6) is 5.75 Å². The fourth-order valence-corrected chi connectivity index (χ4v) is 3.38. The van der Waals surface area contributed by atoms with Gasteiger partial charge in [-0.15, -0.1) is 0 Å². The first-order chi connectivity index (χ1) is 11.8. The van der Waals surface area contributed by atoms with E-state index in [9.17, 15) is 9.59 Å².